The highest BCUT2D eigenvalue weighted by atomic mass is 19.1. The molecular formula is C17H32FN3O. The summed E-state index contributed by atoms with van der Waals surface area (Å²) in [6.07, 6.45) is 0.0822. The van der Waals surface area contributed by atoms with Crippen molar-refractivity contribution in [2.75, 3.05) is 19.6 Å². The fourth-order valence-corrected chi connectivity index (χ4v) is 2.74. The van der Waals surface area contributed by atoms with Crippen LogP contribution in [-0.4, -0.2) is 47.7 Å². The summed E-state index contributed by atoms with van der Waals surface area (Å²) in [4.78, 5) is 15.5. The van der Waals surface area contributed by atoms with Gasteiger partial charge in [-0.25, -0.2) is 9.18 Å². The number of carbonyl (C=O) groups is 1. The fraction of sp³-hybridized carbons (Fsp3) is 0.882. The minimum Gasteiger partial charge on any atom is -0.324 e. The highest BCUT2D eigenvalue weighted by Crippen LogP contribution is 2.26. The van der Waals surface area contributed by atoms with Gasteiger partial charge >= 0.3 is 6.03 Å². The second-order valence-corrected chi connectivity index (χ2v) is 5.60. The number of hydrogen-bond acceptors (Lipinski definition) is 2. The normalized spacial score (nSPS) is 30.5. The smallest absolute Gasteiger partial charge is 0.321 e. The van der Waals surface area contributed by atoms with Gasteiger partial charge in [-0.15, -0.1) is 0 Å². The highest BCUT2D eigenvalue weighted by Gasteiger charge is 2.38. The van der Waals surface area contributed by atoms with Crippen LogP contribution in [0.5, 0.6) is 0 Å². The zero-order valence-corrected chi connectivity index (χ0v) is 15.0. The lowest BCUT2D eigenvalue weighted by atomic mass is 9.89. The van der Waals surface area contributed by atoms with Crippen molar-refractivity contribution < 1.29 is 9.18 Å². The molecule has 0 aromatic carbocycles. The molecule has 2 fully saturated rings. The van der Waals surface area contributed by atoms with E-state index < -0.39 is 12.2 Å². The number of amides is 2. The van der Waals surface area contributed by atoms with Crippen LogP contribution < -0.4 is 0 Å². The average molecular weight is 313 g/mol. The molecule has 2 saturated heterocycles. The van der Waals surface area contributed by atoms with Crippen LogP contribution in [0.1, 0.15) is 54.4 Å². The topological polar surface area (TPSA) is 47.3 Å². The number of nitrogens with zero attached hydrogens (tertiary/aromatic N) is 3. The number of nitriles is 1. The van der Waals surface area contributed by atoms with Crippen molar-refractivity contribution in [3.05, 3.63) is 0 Å². The molecule has 5 heteroatoms. The van der Waals surface area contributed by atoms with Crippen molar-refractivity contribution in [2.45, 2.75) is 66.6 Å². The number of piperidine rings is 1. The van der Waals surface area contributed by atoms with Crippen LogP contribution in [0.15, 0.2) is 0 Å². The summed E-state index contributed by atoms with van der Waals surface area (Å²) in [5.41, 5.74) is 0. The molecule has 0 aliphatic carbocycles. The quantitative estimate of drug-likeness (QED) is 0.676. The monoisotopic (exact) mass is 313 g/mol. The molecule has 2 aliphatic heterocycles. The summed E-state index contributed by atoms with van der Waals surface area (Å²) in [5, 5.41) is 8.97. The molecule has 128 valence electrons. The van der Waals surface area contributed by atoms with Gasteiger partial charge < -0.3 is 9.80 Å². The first kappa shape index (κ1) is 20.7. The van der Waals surface area contributed by atoms with Gasteiger partial charge in [-0.05, 0) is 18.3 Å². The molecule has 4 nitrogen and oxygen atoms in total. The van der Waals surface area contributed by atoms with E-state index in [2.05, 4.69) is 13.8 Å². The first-order valence-electron chi connectivity index (χ1n) is 8.62. The average Bonchev–Trinajstić information content (AvgIpc) is 2.94. The van der Waals surface area contributed by atoms with E-state index in [0.717, 1.165) is 13.0 Å². The molecule has 0 radical (unpaired) electrons. The van der Waals surface area contributed by atoms with Crippen LogP contribution in [-0.2, 0) is 0 Å². The molecule has 4 atom stereocenters. The van der Waals surface area contributed by atoms with Gasteiger partial charge in [0.2, 0.25) is 0 Å². The molecule has 0 aromatic heterocycles. The van der Waals surface area contributed by atoms with Crippen LogP contribution in [0.2, 0.25) is 0 Å². The number of rotatable bonds is 0. The van der Waals surface area contributed by atoms with Crippen molar-refractivity contribution in [3.63, 3.8) is 0 Å². The Labute approximate surface area is 135 Å². The van der Waals surface area contributed by atoms with Crippen molar-refractivity contribution in [2.24, 2.45) is 11.8 Å². The number of likely N-dealkylation sites (tertiary alicyclic amines) is 2. The number of alkyl halides is 1. The summed E-state index contributed by atoms with van der Waals surface area (Å²) < 4.78 is 13.3. The van der Waals surface area contributed by atoms with Crippen LogP contribution in [0, 0.1) is 23.2 Å². The van der Waals surface area contributed by atoms with E-state index in [-0.39, 0.29) is 19.0 Å². The van der Waals surface area contributed by atoms with E-state index >= 15 is 0 Å². The zero-order chi connectivity index (χ0) is 17.3. The van der Waals surface area contributed by atoms with Gasteiger partial charge in [0.25, 0.3) is 0 Å². The molecule has 2 aliphatic rings. The maximum absolute atomic E-state index is 13.3. The van der Waals surface area contributed by atoms with Gasteiger partial charge in [0.1, 0.15) is 12.2 Å². The maximum Gasteiger partial charge on any atom is 0.321 e. The van der Waals surface area contributed by atoms with Gasteiger partial charge in [-0.1, -0.05) is 41.5 Å². The molecule has 4 unspecified atom stereocenters. The lowest BCUT2D eigenvalue weighted by Gasteiger charge is -2.37. The molecule has 2 amide bonds. The third kappa shape index (κ3) is 5.15. The second kappa shape index (κ2) is 10.4. The predicted octanol–water partition coefficient (Wildman–Crippen LogP) is 4.07. The van der Waals surface area contributed by atoms with Crippen LogP contribution in [0.4, 0.5) is 9.18 Å². The summed E-state index contributed by atoms with van der Waals surface area (Å²) >= 11 is 0. The van der Waals surface area contributed by atoms with E-state index in [4.69, 9.17) is 5.26 Å². The third-order valence-corrected chi connectivity index (χ3v) is 4.25. The molecule has 0 aromatic rings. The van der Waals surface area contributed by atoms with Gasteiger partial charge in [-0.2, -0.15) is 5.26 Å². The Bertz CT molecular complexity index is 369. The predicted molar refractivity (Wildman–Crippen MR) is 88.2 cm³/mol. The SMILES string of the molecule is CC.CC.CC1CCN(C(=O)N2CC(F)CC2C#N)CC1C. The first-order valence-corrected chi connectivity index (χ1v) is 8.62. The molecule has 2 rings (SSSR count). The van der Waals surface area contributed by atoms with Gasteiger partial charge in [0.05, 0.1) is 12.6 Å². The first-order chi connectivity index (χ1) is 10.5. The Hall–Kier alpha value is -1.31. The largest absolute Gasteiger partial charge is 0.324 e. The van der Waals surface area contributed by atoms with Crippen LogP contribution in [0.3, 0.4) is 0 Å². The molecular weight excluding hydrogens is 281 g/mol. The Morgan fingerprint density at radius 2 is 1.73 bits per heavy atom. The molecule has 22 heavy (non-hydrogen) atoms. The maximum atomic E-state index is 13.3. The van der Waals surface area contributed by atoms with Gasteiger partial charge in [0, 0.05) is 19.5 Å². The molecule has 0 N–H and O–H groups in total. The van der Waals surface area contributed by atoms with Crippen molar-refractivity contribution in [1.82, 2.24) is 9.80 Å². The van der Waals surface area contributed by atoms with Crippen molar-refractivity contribution in [3.8, 4) is 6.07 Å². The number of carbonyl (C=O) groups excluding carboxylic acids is 1. The van der Waals surface area contributed by atoms with Crippen LogP contribution in [0.25, 0.3) is 0 Å². The summed E-state index contributed by atoms with van der Waals surface area (Å²) in [6.45, 7) is 13.8. The van der Waals surface area contributed by atoms with E-state index in [0.29, 0.717) is 18.4 Å². The minimum atomic E-state index is -1.06. The molecule has 0 saturated carbocycles. The third-order valence-electron chi connectivity index (χ3n) is 4.25. The molecule has 2 heterocycles. The van der Waals surface area contributed by atoms with Crippen molar-refractivity contribution >= 4 is 6.03 Å². The Balaban J connectivity index is 0.00000102. The summed E-state index contributed by atoms with van der Waals surface area (Å²) in [6, 6.07) is 1.26. The van der Waals surface area contributed by atoms with E-state index in [1.54, 1.807) is 4.90 Å². The number of urea groups is 1. The Kier molecular flexibility index (Phi) is 9.80. The zero-order valence-electron chi connectivity index (χ0n) is 15.0. The van der Waals surface area contributed by atoms with Crippen molar-refractivity contribution in [1.29, 1.82) is 5.26 Å². The van der Waals surface area contributed by atoms with E-state index in [1.807, 2.05) is 33.8 Å². The minimum absolute atomic E-state index is 0.0670. The number of hydrogen-bond donors (Lipinski definition) is 0. The fourth-order valence-electron chi connectivity index (χ4n) is 2.74. The summed E-state index contributed by atoms with van der Waals surface area (Å²) in [7, 11) is 0. The van der Waals surface area contributed by atoms with E-state index in [1.165, 1.54) is 4.90 Å². The lowest BCUT2D eigenvalue weighted by molar-refractivity contribution is 0.114. The second-order valence-electron chi connectivity index (χ2n) is 5.60. The molecule has 0 bridgehead atoms. The summed E-state index contributed by atoms with van der Waals surface area (Å²) in [5.74, 6) is 1.08. The van der Waals surface area contributed by atoms with Crippen LogP contribution >= 0.6 is 0 Å². The Morgan fingerprint density at radius 3 is 2.23 bits per heavy atom. The molecule has 0 spiro atoms. The van der Waals surface area contributed by atoms with E-state index in [9.17, 15) is 9.18 Å². The van der Waals surface area contributed by atoms with Gasteiger partial charge in [0.15, 0.2) is 0 Å². The number of halogens is 1. The Morgan fingerprint density at radius 1 is 1.14 bits per heavy atom. The standard InChI is InChI=1S/C13H20FN3O.2C2H6/c1-9-3-4-16(7-10(9)2)13(18)17-8-11(14)5-12(17)6-15;2*1-2/h9-12H,3-5,7-8H2,1-2H3;2*1-2H3. The van der Waals surface area contributed by atoms with Gasteiger partial charge in [-0.3, -0.25) is 0 Å². The lowest BCUT2D eigenvalue weighted by Crippen LogP contribution is -2.50. The highest BCUT2D eigenvalue weighted by molar-refractivity contribution is 5.75.